The first kappa shape index (κ1) is 34.7. The second kappa shape index (κ2) is 17.5. The Morgan fingerprint density at radius 1 is 0.545 bits per heavy atom. The number of fused-ring (bicyclic) bond motifs is 3. The number of hydrogen-bond acceptors (Lipinski definition) is 1. The molecule has 44 heavy (non-hydrogen) atoms. The van der Waals surface area contributed by atoms with Gasteiger partial charge < -0.3 is 24.8 Å². The molecule has 228 valence electrons. The number of carbonyl (C=O) groups excluding carboxylic acids is 1. The van der Waals surface area contributed by atoms with Crippen LogP contribution in [-0.2, 0) is 21.7 Å². The predicted molar refractivity (Wildman–Crippen MR) is 174 cm³/mol. The normalized spacial score (nSPS) is 15.4. The van der Waals surface area contributed by atoms with Crippen molar-refractivity contribution in [3.63, 3.8) is 0 Å². The molecule has 0 atom stereocenters. The first-order chi connectivity index (χ1) is 20.8. The van der Waals surface area contributed by atoms with Crippen LogP contribution in [0.1, 0.15) is 86.0 Å². The van der Waals surface area contributed by atoms with Gasteiger partial charge in [0, 0.05) is 0 Å². The van der Waals surface area contributed by atoms with Crippen molar-refractivity contribution in [2.45, 2.75) is 74.9 Å². The zero-order valence-corrected chi connectivity index (χ0v) is 29.6. The number of amides is 1. The molecule has 0 radical (unpaired) electrons. The van der Waals surface area contributed by atoms with Gasteiger partial charge in [-0.1, -0.05) is 0 Å². The summed E-state index contributed by atoms with van der Waals surface area (Å²) < 4.78 is 4.27. The molecule has 1 amide bonds. The summed E-state index contributed by atoms with van der Waals surface area (Å²) in [5.41, 5.74) is 5.54. The molecular formula is C38H43Cl2NOSiTi. The molecule has 0 spiro atoms. The first-order valence-electron chi connectivity index (χ1n) is 16.2. The van der Waals surface area contributed by atoms with E-state index in [4.69, 9.17) is 0 Å². The number of carbonyl (C=O) groups is 1. The number of halogens is 2. The summed E-state index contributed by atoms with van der Waals surface area (Å²) in [6.07, 6.45) is 12.4. The molecule has 2 aliphatic carbocycles. The molecule has 1 fully saturated rings. The summed E-state index contributed by atoms with van der Waals surface area (Å²) in [5, 5.41) is 2.84. The fourth-order valence-electron chi connectivity index (χ4n) is 7.09. The van der Waals surface area contributed by atoms with Crippen LogP contribution >= 0.6 is 0 Å². The largest absolute Gasteiger partial charge is 1.00 e. The average Bonchev–Trinajstić information content (AvgIpc) is 3.36. The van der Waals surface area contributed by atoms with Crippen molar-refractivity contribution in [3.8, 4) is 11.1 Å². The maximum absolute atomic E-state index is 14.5. The molecule has 0 unspecified atom stereocenters. The van der Waals surface area contributed by atoms with Gasteiger partial charge in [0.05, 0.1) is 0 Å². The summed E-state index contributed by atoms with van der Waals surface area (Å²) in [7, 11) is 0. The van der Waals surface area contributed by atoms with E-state index in [0.29, 0.717) is 5.91 Å². The van der Waals surface area contributed by atoms with E-state index in [2.05, 4.69) is 113 Å². The van der Waals surface area contributed by atoms with Gasteiger partial charge in [-0.25, -0.2) is 0 Å². The second-order valence-electron chi connectivity index (χ2n) is 12.1. The molecule has 6 heteroatoms. The molecule has 1 saturated carbocycles. The SMILES string of the molecule is O=C([NH][Ti+2]([CH]1c2ccccc2-c2ccccc21)=[Si](c1ccccc1)c1ccccc1)C1CCCCCCCCCCC1.[Cl-].[Cl-]. The molecule has 0 saturated heterocycles. The number of benzene rings is 4. The third-order valence-electron chi connectivity index (χ3n) is 9.25. The van der Waals surface area contributed by atoms with Crippen molar-refractivity contribution in [1.82, 2.24) is 3.80 Å². The van der Waals surface area contributed by atoms with E-state index >= 15 is 0 Å². The van der Waals surface area contributed by atoms with E-state index in [1.165, 1.54) is 90.4 Å². The molecule has 6 rings (SSSR count). The quantitative estimate of drug-likeness (QED) is 0.323. The van der Waals surface area contributed by atoms with Gasteiger partial charge in [-0.05, 0) is 0 Å². The van der Waals surface area contributed by atoms with Crippen molar-refractivity contribution in [2.75, 3.05) is 0 Å². The first-order valence-corrected chi connectivity index (χ1v) is 21.7. The molecule has 0 aromatic heterocycles. The van der Waals surface area contributed by atoms with Gasteiger partial charge in [-0.15, -0.1) is 0 Å². The summed E-state index contributed by atoms with van der Waals surface area (Å²) in [6, 6.07) is 40.2. The Labute approximate surface area is 283 Å². The summed E-state index contributed by atoms with van der Waals surface area (Å²) in [6.45, 7) is 0. The Bertz CT molecular complexity index is 1430. The van der Waals surface area contributed by atoms with E-state index in [1.54, 1.807) is 0 Å². The summed E-state index contributed by atoms with van der Waals surface area (Å²) in [4.78, 5) is 14.5. The van der Waals surface area contributed by atoms with Crippen molar-refractivity contribution in [1.29, 1.82) is 0 Å². The molecule has 4 aromatic carbocycles. The Kier molecular flexibility index (Phi) is 13.8. The summed E-state index contributed by atoms with van der Waals surface area (Å²) >= 11 is -2.42. The average molecular weight is 677 g/mol. The van der Waals surface area contributed by atoms with Gasteiger partial charge in [0.25, 0.3) is 0 Å². The second-order valence-corrected chi connectivity index (χ2v) is 21.1. The zero-order valence-electron chi connectivity index (χ0n) is 25.5. The molecule has 4 aromatic rings. The Balaban J connectivity index is 0.00000221. The molecule has 0 heterocycles. The standard InChI is InChI=1S/C13H25NO.C13H9.C12H10Si.2ClH.Ti/c14-13(15)12-10-8-6-4-2-1-3-5-7-9-11-12;1-3-7-12-10(5-1)9-11-6-2-4-8-13(11)12;1-3-7-11(8-4-1)13-12-9-5-2-6-10-12;;;/h12H,1-11H2,(H2,14,15);1-9H;1-10H;2*1H;/q;;;;;+3/p-3. The predicted octanol–water partition coefficient (Wildman–Crippen LogP) is 2.14. The fourth-order valence-corrected chi connectivity index (χ4v) is 20.4. The molecule has 0 bridgehead atoms. The molecule has 0 aliphatic heterocycles. The Morgan fingerprint density at radius 2 is 0.932 bits per heavy atom. The molecule has 2 aliphatic rings. The van der Waals surface area contributed by atoms with Gasteiger partial charge in [-0.2, -0.15) is 0 Å². The van der Waals surface area contributed by atoms with Crippen molar-refractivity contribution in [3.05, 3.63) is 120 Å². The van der Waals surface area contributed by atoms with Gasteiger partial charge >= 0.3 is 260 Å². The van der Waals surface area contributed by atoms with Gasteiger partial charge in [0.1, 0.15) is 0 Å². The number of rotatable bonds is 5. The van der Waals surface area contributed by atoms with E-state index in [1.807, 2.05) is 0 Å². The Hall–Kier alpha value is -2.14. The van der Waals surface area contributed by atoms with Gasteiger partial charge in [0.2, 0.25) is 0 Å². The monoisotopic (exact) mass is 675 g/mol. The van der Waals surface area contributed by atoms with Crippen LogP contribution in [0.15, 0.2) is 109 Å². The third-order valence-corrected chi connectivity index (χ3v) is 21.2. The smallest absolute Gasteiger partial charge is 1.00 e. The topological polar surface area (TPSA) is 29.1 Å². The minimum atomic E-state index is -2.42. The fraction of sp³-hybridized carbons (Fsp3) is 0.342. The van der Waals surface area contributed by atoms with E-state index < -0.39 is 23.0 Å². The number of nitrogens with one attached hydrogen (secondary N) is 1. The summed E-state index contributed by atoms with van der Waals surface area (Å²) in [5.74, 6) is 0.479. The molecule has 2 nitrogen and oxygen atoms in total. The maximum Gasteiger partial charge on any atom is -1.00 e. The molecule has 1 N–H and O–H groups in total. The van der Waals surface area contributed by atoms with E-state index in [9.17, 15) is 4.79 Å². The number of hydrogen-bond donors (Lipinski definition) is 1. The van der Waals surface area contributed by atoms with Crippen LogP contribution in [0.3, 0.4) is 0 Å². The van der Waals surface area contributed by atoms with Crippen LogP contribution in [0.4, 0.5) is 0 Å². The van der Waals surface area contributed by atoms with Gasteiger partial charge in [0.15, 0.2) is 0 Å². The van der Waals surface area contributed by atoms with Crippen LogP contribution in [0, 0.1) is 5.92 Å². The van der Waals surface area contributed by atoms with Crippen molar-refractivity contribution >= 4 is 22.5 Å². The third kappa shape index (κ3) is 8.17. The van der Waals surface area contributed by atoms with Crippen LogP contribution in [-0.4, -0.2) is 12.1 Å². The minimum Gasteiger partial charge on any atom is -1.00 e. The van der Waals surface area contributed by atoms with Crippen LogP contribution in [0.25, 0.3) is 11.1 Å². The van der Waals surface area contributed by atoms with Gasteiger partial charge in [-0.3, -0.25) is 0 Å². The van der Waals surface area contributed by atoms with Crippen LogP contribution in [0.5, 0.6) is 0 Å². The van der Waals surface area contributed by atoms with E-state index in [0.717, 1.165) is 12.8 Å². The Morgan fingerprint density at radius 3 is 1.39 bits per heavy atom. The zero-order chi connectivity index (χ0) is 28.6. The molecular weight excluding hydrogens is 633 g/mol. The van der Waals surface area contributed by atoms with Crippen LogP contribution in [0.2, 0.25) is 0 Å². The van der Waals surface area contributed by atoms with E-state index in [-0.39, 0.29) is 35.0 Å². The minimum absolute atomic E-state index is 0. The van der Waals surface area contributed by atoms with Crippen LogP contribution < -0.4 is 39.0 Å². The van der Waals surface area contributed by atoms with Crippen molar-refractivity contribution < 1.29 is 46.5 Å². The van der Waals surface area contributed by atoms with Crippen molar-refractivity contribution in [2.24, 2.45) is 5.92 Å². The maximum atomic E-state index is 14.5.